The van der Waals surface area contributed by atoms with Gasteiger partial charge in [0.15, 0.2) is 0 Å². The maximum Gasteiger partial charge on any atom is 0.0999 e. The van der Waals surface area contributed by atoms with Crippen LogP contribution in [0.4, 0.5) is 0 Å². The van der Waals surface area contributed by atoms with E-state index in [1.165, 1.54) is 32.2 Å². The fourth-order valence-electron chi connectivity index (χ4n) is 1.90. The van der Waals surface area contributed by atoms with E-state index in [1.807, 2.05) is 0 Å². The minimum absolute atomic E-state index is 0.736. The SMILES string of the molecule is C=COCCN(C)C1CCN(C)CC1. The zero-order valence-electron chi connectivity index (χ0n) is 9.41. The van der Waals surface area contributed by atoms with Crippen molar-refractivity contribution in [3.63, 3.8) is 0 Å². The highest BCUT2D eigenvalue weighted by Crippen LogP contribution is 2.13. The molecule has 1 aliphatic rings. The third kappa shape index (κ3) is 3.68. The molecule has 1 heterocycles. The van der Waals surface area contributed by atoms with Crippen molar-refractivity contribution in [2.24, 2.45) is 0 Å². The molecule has 0 bridgehead atoms. The highest BCUT2D eigenvalue weighted by molar-refractivity contribution is 4.76. The molecule has 1 aliphatic heterocycles. The molecule has 3 nitrogen and oxygen atoms in total. The smallest absolute Gasteiger partial charge is 0.0999 e. The molecule has 14 heavy (non-hydrogen) atoms. The minimum atomic E-state index is 0.736. The van der Waals surface area contributed by atoms with Gasteiger partial charge in [0, 0.05) is 12.6 Å². The Bertz CT molecular complexity index is 165. The summed E-state index contributed by atoms with van der Waals surface area (Å²) in [6.45, 7) is 7.73. The quantitative estimate of drug-likeness (QED) is 0.487. The number of likely N-dealkylation sites (tertiary alicyclic amines) is 1. The van der Waals surface area contributed by atoms with Crippen LogP contribution in [0.2, 0.25) is 0 Å². The van der Waals surface area contributed by atoms with E-state index in [2.05, 4.69) is 30.5 Å². The van der Waals surface area contributed by atoms with Crippen LogP contribution in [0.3, 0.4) is 0 Å². The summed E-state index contributed by atoms with van der Waals surface area (Å²) in [6.07, 6.45) is 4.07. The van der Waals surface area contributed by atoms with E-state index in [4.69, 9.17) is 4.74 Å². The summed E-state index contributed by atoms with van der Waals surface area (Å²) >= 11 is 0. The number of ether oxygens (including phenoxy) is 1. The van der Waals surface area contributed by atoms with Gasteiger partial charge in [-0.3, -0.25) is 4.90 Å². The number of rotatable bonds is 5. The summed E-state index contributed by atoms with van der Waals surface area (Å²) in [6, 6.07) is 0.736. The number of hydrogen-bond acceptors (Lipinski definition) is 3. The summed E-state index contributed by atoms with van der Waals surface area (Å²) in [5.74, 6) is 0. The zero-order chi connectivity index (χ0) is 10.4. The lowest BCUT2D eigenvalue weighted by Crippen LogP contribution is -2.42. The Kier molecular flexibility index (Phi) is 4.98. The number of nitrogens with zero attached hydrogens (tertiary/aromatic N) is 2. The van der Waals surface area contributed by atoms with Gasteiger partial charge >= 0.3 is 0 Å². The molecule has 0 N–H and O–H groups in total. The second-order valence-electron chi connectivity index (χ2n) is 4.05. The highest BCUT2D eigenvalue weighted by atomic mass is 16.5. The molecule has 0 aromatic carbocycles. The zero-order valence-corrected chi connectivity index (χ0v) is 9.41. The lowest BCUT2D eigenvalue weighted by Gasteiger charge is -2.34. The molecule has 0 aromatic rings. The van der Waals surface area contributed by atoms with Crippen LogP contribution >= 0.6 is 0 Å². The Morgan fingerprint density at radius 1 is 1.50 bits per heavy atom. The molecule has 0 amide bonds. The third-order valence-electron chi connectivity index (χ3n) is 2.99. The first-order valence-corrected chi connectivity index (χ1v) is 5.35. The predicted octanol–water partition coefficient (Wildman–Crippen LogP) is 1.17. The molecule has 0 saturated carbocycles. The minimum Gasteiger partial charge on any atom is -0.500 e. The standard InChI is InChI=1S/C11H22N2O/c1-4-14-10-9-13(3)11-5-7-12(2)8-6-11/h4,11H,1,5-10H2,2-3H3. The van der Waals surface area contributed by atoms with Gasteiger partial charge in [-0.1, -0.05) is 6.58 Å². The van der Waals surface area contributed by atoms with E-state index < -0.39 is 0 Å². The van der Waals surface area contributed by atoms with Crippen molar-refractivity contribution in [3.05, 3.63) is 12.8 Å². The molecule has 1 saturated heterocycles. The molecule has 0 atom stereocenters. The molecule has 0 aliphatic carbocycles. The molecule has 0 aromatic heterocycles. The van der Waals surface area contributed by atoms with Crippen LogP contribution < -0.4 is 0 Å². The van der Waals surface area contributed by atoms with Gasteiger partial charge in [0.05, 0.1) is 12.9 Å². The van der Waals surface area contributed by atoms with Gasteiger partial charge < -0.3 is 9.64 Å². The number of hydrogen-bond donors (Lipinski definition) is 0. The van der Waals surface area contributed by atoms with Crippen molar-refractivity contribution in [2.75, 3.05) is 40.3 Å². The average molecular weight is 198 g/mol. The summed E-state index contributed by atoms with van der Waals surface area (Å²) in [7, 11) is 4.37. The third-order valence-corrected chi connectivity index (χ3v) is 2.99. The highest BCUT2D eigenvalue weighted by Gasteiger charge is 2.19. The van der Waals surface area contributed by atoms with Crippen LogP contribution in [0.15, 0.2) is 12.8 Å². The Morgan fingerprint density at radius 2 is 2.14 bits per heavy atom. The van der Waals surface area contributed by atoms with E-state index in [9.17, 15) is 0 Å². The molecular formula is C11H22N2O. The van der Waals surface area contributed by atoms with Crippen LogP contribution in [0.1, 0.15) is 12.8 Å². The van der Waals surface area contributed by atoms with Gasteiger partial charge in [-0.2, -0.15) is 0 Å². The monoisotopic (exact) mass is 198 g/mol. The average Bonchev–Trinajstić information content (AvgIpc) is 2.19. The lowest BCUT2D eigenvalue weighted by molar-refractivity contribution is 0.117. The van der Waals surface area contributed by atoms with Crippen LogP contribution in [0.25, 0.3) is 0 Å². The molecule has 3 heteroatoms. The Morgan fingerprint density at radius 3 is 2.71 bits per heavy atom. The van der Waals surface area contributed by atoms with Crippen LogP contribution in [0, 0.1) is 0 Å². The largest absolute Gasteiger partial charge is 0.500 e. The number of likely N-dealkylation sites (N-methyl/N-ethyl adjacent to an activating group) is 1. The molecule has 0 unspecified atom stereocenters. The van der Waals surface area contributed by atoms with Crippen LogP contribution in [0.5, 0.6) is 0 Å². The topological polar surface area (TPSA) is 15.7 Å². The fourth-order valence-corrected chi connectivity index (χ4v) is 1.90. The molecule has 82 valence electrons. The van der Waals surface area contributed by atoms with Gasteiger partial charge in [0.2, 0.25) is 0 Å². The van der Waals surface area contributed by atoms with Gasteiger partial charge in [0.1, 0.15) is 0 Å². The van der Waals surface area contributed by atoms with Gasteiger partial charge in [0.25, 0.3) is 0 Å². The van der Waals surface area contributed by atoms with Gasteiger partial charge in [-0.25, -0.2) is 0 Å². The molecule has 1 fully saturated rings. The summed E-state index contributed by atoms with van der Waals surface area (Å²) in [5.41, 5.74) is 0. The first kappa shape index (κ1) is 11.5. The first-order valence-electron chi connectivity index (χ1n) is 5.35. The molecule has 0 radical (unpaired) electrons. The normalized spacial score (nSPS) is 19.9. The van der Waals surface area contributed by atoms with E-state index in [1.54, 1.807) is 0 Å². The van der Waals surface area contributed by atoms with E-state index in [0.717, 1.165) is 19.2 Å². The summed E-state index contributed by atoms with van der Waals surface area (Å²) in [4.78, 5) is 4.79. The predicted molar refractivity (Wildman–Crippen MR) is 59.3 cm³/mol. The van der Waals surface area contributed by atoms with E-state index in [-0.39, 0.29) is 0 Å². The summed E-state index contributed by atoms with van der Waals surface area (Å²) < 4.78 is 5.13. The van der Waals surface area contributed by atoms with Crippen molar-refractivity contribution in [1.82, 2.24) is 9.80 Å². The van der Waals surface area contributed by atoms with E-state index in [0.29, 0.717) is 0 Å². The second kappa shape index (κ2) is 6.04. The fraction of sp³-hybridized carbons (Fsp3) is 0.818. The maximum atomic E-state index is 5.13. The number of piperidine rings is 1. The van der Waals surface area contributed by atoms with Crippen LogP contribution in [-0.2, 0) is 4.74 Å². The van der Waals surface area contributed by atoms with Gasteiger partial charge in [-0.05, 0) is 40.0 Å². The lowest BCUT2D eigenvalue weighted by atomic mass is 10.0. The van der Waals surface area contributed by atoms with Crippen molar-refractivity contribution >= 4 is 0 Å². The Labute approximate surface area is 87.3 Å². The summed E-state index contributed by atoms with van der Waals surface area (Å²) in [5, 5.41) is 0. The Balaban J connectivity index is 2.16. The maximum absolute atomic E-state index is 5.13. The van der Waals surface area contributed by atoms with Crippen LogP contribution in [-0.4, -0.2) is 56.2 Å². The van der Waals surface area contributed by atoms with Crippen molar-refractivity contribution in [3.8, 4) is 0 Å². The van der Waals surface area contributed by atoms with Crippen molar-refractivity contribution < 1.29 is 4.74 Å². The second-order valence-corrected chi connectivity index (χ2v) is 4.05. The molecule has 1 rings (SSSR count). The van der Waals surface area contributed by atoms with Crippen molar-refractivity contribution in [2.45, 2.75) is 18.9 Å². The first-order chi connectivity index (χ1) is 6.74. The van der Waals surface area contributed by atoms with Gasteiger partial charge in [-0.15, -0.1) is 0 Å². The Hall–Kier alpha value is -0.540. The molecular weight excluding hydrogens is 176 g/mol. The van der Waals surface area contributed by atoms with Crippen molar-refractivity contribution in [1.29, 1.82) is 0 Å². The molecule has 0 spiro atoms. The van der Waals surface area contributed by atoms with E-state index >= 15 is 0 Å².